The fourth-order valence-corrected chi connectivity index (χ4v) is 2.84. The Morgan fingerprint density at radius 3 is 2.88 bits per heavy atom. The number of fused-ring (bicyclic) bond motifs is 1. The average molecular weight is 332 g/mol. The summed E-state index contributed by atoms with van der Waals surface area (Å²) in [7, 11) is 0. The molecule has 1 saturated heterocycles. The highest BCUT2D eigenvalue weighted by molar-refractivity contribution is 6.06. The number of nitrogens with zero attached hydrogens (tertiary/aromatic N) is 1. The second-order valence-corrected chi connectivity index (χ2v) is 6.45. The summed E-state index contributed by atoms with van der Waals surface area (Å²) in [6, 6.07) is 5.19. The van der Waals surface area contributed by atoms with Gasteiger partial charge < -0.3 is 14.8 Å². The van der Waals surface area contributed by atoms with E-state index < -0.39 is 11.6 Å². The number of hydrogen-bond donors (Lipinski definition) is 1. The van der Waals surface area contributed by atoms with Gasteiger partial charge in [-0.3, -0.25) is 14.5 Å². The molecule has 0 saturated carbocycles. The van der Waals surface area contributed by atoms with Crippen molar-refractivity contribution in [2.75, 3.05) is 19.8 Å². The zero-order valence-electron chi connectivity index (χ0n) is 13.8. The first-order chi connectivity index (χ1) is 11.4. The Kier molecular flexibility index (Phi) is 4.17. The maximum atomic E-state index is 12.0. The van der Waals surface area contributed by atoms with Gasteiger partial charge in [-0.15, -0.1) is 0 Å². The molecule has 7 heteroatoms. The quantitative estimate of drug-likeness (QED) is 0.643. The number of imide groups is 1. The lowest BCUT2D eigenvalue weighted by Gasteiger charge is -2.15. The van der Waals surface area contributed by atoms with E-state index in [-0.39, 0.29) is 31.4 Å². The topological polar surface area (TPSA) is 84.9 Å². The number of ether oxygens (including phenoxy) is 2. The lowest BCUT2D eigenvalue weighted by molar-refractivity contribution is -0.144. The SMILES string of the molecule is CC1(C)NC(=O)N(CCOC(=O)Cc2ccc3c(c2)CCO3)C1=O. The molecule has 0 unspecified atom stereocenters. The van der Waals surface area contributed by atoms with Gasteiger partial charge in [-0.25, -0.2) is 4.79 Å². The van der Waals surface area contributed by atoms with E-state index in [0.29, 0.717) is 6.61 Å². The maximum absolute atomic E-state index is 12.0. The van der Waals surface area contributed by atoms with Crippen molar-refractivity contribution in [3.63, 3.8) is 0 Å². The van der Waals surface area contributed by atoms with Gasteiger partial charge in [0.15, 0.2) is 0 Å². The first-order valence-corrected chi connectivity index (χ1v) is 7.91. The molecule has 3 amide bonds. The Labute approximate surface area is 139 Å². The number of carbonyl (C=O) groups is 3. The average Bonchev–Trinajstić information content (AvgIpc) is 3.04. The van der Waals surface area contributed by atoms with E-state index in [9.17, 15) is 14.4 Å². The number of benzene rings is 1. The van der Waals surface area contributed by atoms with Crippen molar-refractivity contribution in [2.24, 2.45) is 0 Å². The Balaban J connectivity index is 1.48. The van der Waals surface area contributed by atoms with Gasteiger partial charge in [-0.05, 0) is 31.0 Å². The molecule has 0 bridgehead atoms. The highest BCUT2D eigenvalue weighted by Crippen LogP contribution is 2.26. The van der Waals surface area contributed by atoms with Crippen molar-refractivity contribution in [2.45, 2.75) is 32.2 Å². The van der Waals surface area contributed by atoms with Crippen molar-refractivity contribution in [3.05, 3.63) is 29.3 Å². The van der Waals surface area contributed by atoms with E-state index in [1.165, 1.54) is 0 Å². The van der Waals surface area contributed by atoms with Crippen LogP contribution in [-0.2, 0) is 27.2 Å². The summed E-state index contributed by atoms with van der Waals surface area (Å²) in [4.78, 5) is 36.7. The second-order valence-electron chi connectivity index (χ2n) is 6.45. The van der Waals surface area contributed by atoms with Crippen molar-refractivity contribution in [3.8, 4) is 5.75 Å². The minimum Gasteiger partial charge on any atom is -0.493 e. The van der Waals surface area contributed by atoms with Gasteiger partial charge in [0.05, 0.1) is 19.6 Å². The fourth-order valence-electron chi connectivity index (χ4n) is 2.84. The molecule has 2 aliphatic rings. The van der Waals surface area contributed by atoms with Crippen LogP contribution in [0.25, 0.3) is 0 Å². The first-order valence-electron chi connectivity index (χ1n) is 7.91. The van der Waals surface area contributed by atoms with E-state index in [0.717, 1.165) is 28.2 Å². The molecule has 0 atom stereocenters. The van der Waals surface area contributed by atoms with E-state index >= 15 is 0 Å². The molecule has 2 heterocycles. The molecule has 0 aromatic heterocycles. The lowest BCUT2D eigenvalue weighted by Crippen LogP contribution is -2.40. The second kappa shape index (κ2) is 6.14. The summed E-state index contributed by atoms with van der Waals surface area (Å²) in [5.74, 6) is 0.163. The zero-order chi connectivity index (χ0) is 17.3. The monoisotopic (exact) mass is 332 g/mol. The number of amides is 3. The number of hydrogen-bond acceptors (Lipinski definition) is 5. The third-order valence-electron chi connectivity index (χ3n) is 4.12. The highest BCUT2D eigenvalue weighted by Gasteiger charge is 2.43. The third-order valence-corrected chi connectivity index (χ3v) is 4.12. The van der Waals surface area contributed by atoms with E-state index in [2.05, 4.69) is 5.32 Å². The van der Waals surface area contributed by atoms with Crippen LogP contribution in [0.3, 0.4) is 0 Å². The predicted molar refractivity (Wildman–Crippen MR) is 84.6 cm³/mol. The van der Waals surface area contributed by atoms with Crippen LogP contribution in [0, 0.1) is 0 Å². The standard InChI is InChI=1S/C17H20N2O5/c1-17(2)15(21)19(16(22)18-17)6-8-24-14(20)10-11-3-4-13-12(9-11)5-7-23-13/h3-4,9H,5-8,10H2,1-2H3,(H,18,22). The van der Waals surface area contributed by atoms with Crippen molar-refractivity contribution < 1.29 is 23.9 Å². The van der Waals surface area contributed by atoms with Crippen molar-refractivity contribution in [1.29, 1.82) is 0 Å². The molecule has 0 aliphatic carbocycles. The predicted octanol–water partition coefficient (Wildman–Crippen LogP) is 1.04. The molecule has 1 N–H and O–H groups in total. The van der Waals surface area contributed by atoms with E-state index in [4.69, 9.17) is 9.47 Å². The molecule has 3 rings (SSSR count). The molecule has 7 nitrogen and oxygen atoms in total. The normalized spacial score (nSPS) is 18.2. The summed E-state index contributed by atoms with van der Waals surface area (Å²) in [5.41, 5.74) is 1.05. The van der Waals surface area contributed by atoms with Gasteiger partial charge in [0, 0.05) is 6.42 Å². The minimum absolute atomic E-state index is 0.0118. The molecule has 2 aliphatic heterocycles. The minimum atomic E-state index is -0.909. The molecular formula is C17H20N2O5. The Morgan fingerprint density at radius 2 is 2.17 bits per heavy atom. The lowest BCUT2D eigenvalue weighted by atomic mass is 10.1. The van der Waals surface area contributed by atoms with Gasteiger partial charge in [0.1, 0.15) is 17.9 Å². The maximum Gasteiger partial charge on any atom is 0.325 e. The van der Waals surface area contributed by atoms with Crippen molar-refractivity contribution in [1.82, 2.24) is 10.2 Å². The largest absolute Gasteiger partial charge is 0.493 e. The third kappa shape index (κ3) is 3.20. The summed E-state index contributed by atoms with van der Waals surface area (Å²) < 4.78 is 10.6. The summed E-state index contributed by atoms with van der Waals surface area (Å²) in [6.07, 6.45) is 0.999. The van der Waals surface area contributed by atoms with Gasteiger partial charge in [-0.2, -0.15) is 0 Å². The molecule has 1 aromatic carbocycles. The van der Waals surface area contributed by atoms with Gasteiger partial charge >= 0.3 is 12.0 Å². The fraction of sp³-hybridized carbons (Fsp3) is 0.471. The van der Waals surface area contributed by atoms with Crippen LogP contribution in [0.4, 0.5) is 4.79 Å². The Morgan fingerprint density at radius 1 is 1.38 bits per heavy atom. The number of carbonyl (C=O) groups excluding carboxylic acids is 3. The summed E-state index contributed by atoms with van der Waals surface area (Å²) >= 11 is 0. The molecule has 0 radical (unpaired) electrons. The summed E-state index contributed by atoms with van der Waals surface area (Å²) in [6.45, 7) is 3.99. The van der Waals surface area contributed by atoms with E-state index in [1.807, 2.05) is 18.2 Å². The van der Waals surface area contributed by atoms with Crippen LogP contribution in [0.2, 0.25) is 0 Å². The molecular weight excluding hydrogens is 312 g/mol. The van der Waals surface area contributed by atoms with Gasteiger partial charge in [0.2, 0.25) is 0 Å². The molecule has 1 fully saturated rings. The van der Waals surface area contributed by atoms with Gasteiger partial charge in [0.25, 0.3) is 5.91 Å². The molecule has 0 spiro atoms. The Bertz CT molecular complexity index is 698. The van der Waals surface area contributed by atoms with Crippen LogP contribution in [0.15, 0.2) is 18.2 Å². The van der Waals surface area contributed by atoms with Crippen LogP contribution >= 0.6 is 0 Å². The number of nitrogens with one attached hydrogen (secondary N) is 1. The number of urea groups is 1. The van der Waals surface area contributed by atoms with Crippen LogP contribution in [0.5, 0.6) is 5.75 Å². The van der Waals surface area contributed by atoms with Crippen molar-refractivity contribution >= 4 is 17.9 Å². The molecule has 1 aromatic rings. The number of rotatable bonds is 5. The van der Waals surface area contributed by atoms with Crippen LogP contribution < -0.4 is 10.1 Å². The number of esters is 1. The molecule has 128 valence electrons. The van der Waals surface area contributed by atoms with Crippen LogP contribution in [0.1, 0.15) is 25.0 Å². The summed E-state index contributed by atoms with van der Waals surface area (Å²) in [5, 5.41) is 2.58. The highest BCUT2D eigenvalue weighted by atomic mass is 16.5. The van der Waals surface area contributed by atoms with E-state index in [1.54, 1.807) is 13.8 Å². The van der Waals surface area contributed by atoms with Crippen LogP contribution in [-0.4, -0.2) is 48.1 Å². The van der Waals surface area contributed by atoms with Gasteiger partial charge in [-0.1, -0.05) is 12.1 Å². The zero-order valence-corrected chi connectivity index (χ0v) is 13.8. The molecule has 24 heavy (non-hydrogen) atoms. The first kappa shape index (κ1) is 16.3. The Hall–Kier alpha value is -2.57. The smallest absolute Gasteiger partial charge is 0.325 e.